The van der Waals surface area contributed by atoms with Crippen LogP contribution in [-0.4, -0.2) is 27.5 Å². The first-order chi connectivity index (χ1) is 11.8. The Hall–Kier alpha value is -2.40. The van der Waals surface area contributed by atoms with E-state index in [4.69, 9.17) is 0 Å². The van der Waals surface area contributed by atoms with Crippen molar-refractivity contribution in [3.8, 4) is 0 Å². The number of imidazole rings is 1. The van der Waals surface area contributed by atoms with Crippen molar-refractivity contribution < 1.29 is 0 Å². The molecule has 0 amide bonds. The molecule has 1 aliphatic rings. The number of aryl methyl sites for hydroxylation is 1. The summed E-state index contributed by atoms with van der Waals surface area (Å²) in [5.41, 5.74) is 4.56. The Balaban J connectivity index is 1.43. The molecule has 4 heterocycles. The highest BCUT2D eigenvalue weighted by Gasteiger charge is 2.16. The van der Waals surface area contributed by atoms with Gasteiger partial charge in [0.05, 0.1) is 5.69 Å². The molecule has 0 aromatic carbocycles. The zero-order chi connectivity index (χ0) is 16.4. The Kier molecular flexibility index (Phi) is 4.17. The molecule has 0 bridgehead atoms. The molecule has 0 atom stereocenters. The van der Waals surface area contributed by atoms with Crippen LogP contribution in [0.4, 0.5) is 5.82 Å². The molecular formula is C19H23N5. The van der Waals surface area contributed by atoms with Gasteiger partial charge in [-0.2, -0.15) is 0 Å². The molecule has 3 aromatic rings. The van der Waals surface area contributed by atoms with Gasteiger partial charge in [0.2, 0.25) is 0 Å². The summed E-state index contributed by atoms with van der Waals surface area (Å²) in [6.45, 7) is 5.91. The highest BCUT2D eigenvalue weighted by Crippen LogP contribution is 2.21. The van der Waals surface area contributed by atoms with Crippen LogP contribution in [0.1, 0.15) is 29.7 Å². The van der Waals surface area contributed by atoms with Crippen LogP contribution in [0.15, 0.2) is 42.9 Å². The molecule has 0 unspecified atom stereocenters. The monoisotopic (exact) mass is 321 g/mol. The van der Waals surface area contributed by atoms with E-state index in [-0.39, 0.29) is 0 Å². The van der Waals surface area contributed by atoms with Crippen LogP contribution in [0.5, 0.6) is 0 Å². The van der Waals surface area contributed by atoms with E-state index in [9.17, 15) is 0 Å². The number of rotatable bonds is 5. The predicted molar refractivity (Wildman–Crippen MR) is 96.2 cm³/mol. The third-order valence-corrected chi connectivity index (χ3v) is 4.54. The van der Waals surface area contributed by atoms with E-state index in [1.807, 2.05) is 12.3 Å². The molecule has 0 radical (unpaired) electrons. The van der Waals surface area contributed by atoms with Gasteiger partial charge in [-0.25, -0.2) is 9.97 Å². The van der Waals surface area contributed by atoms with Crippen molar-refractivity contribution in [1.29, 1.82) is 0 Å². The zero-order valence-corrected chi connectivity index (χ0v) is 14.1. The lowest BCUT2D eigenvalue weighted by atomic mass is 10.2. The van der Waals surface area contributed by atoms with Crippen LogP contribution in [0.2, 0.25) is 0 Å². The SMILES string of the molecule is Cc1ccc2nc(CNCc3cccnc3N3CCCC3)cn2c1. The Labute approximate surface area is 142 Å². The zero-order valence-electron chi connectivity index (χ0n) is 14.1. The van der Waals surface area contributed by atoms with E-state index < -0.39 is 0 Å². The molecule has 1 aliphatic heterocycles. The van der Waals surface area contributed by atoms with E-state index >= 15 is 0 Å². The van der Waals surface area contributed by atoms with Crippen LogP contribution in [0.3, 0.4) is 0 Å². The topological polar surface area (TPSA) is 45.5 Å². The third kappa shape index (κ3) is 3.12. The van der Waals surface area contributed by atoms with E-state index in [0.717, 1.165) is 43.3 Å². The summed E-state index contributed by atoms with van der Waals surface area (Å²) in [4.78, 5) is 11.6. The summed E-state index contributed by atoms with van der Waals surface area (Å²) < 4.78 is 2.09. The molecule has 0 saturated carbocycles. The number of nitrogens with zero attached hydrogens (tertiary/aromatic N) is 4. The van der Waals surface area contributed by atoms with Crippen LogP contribution < -0.4 is 10.2 Å². The van der Waals surface area contributed by atoms with Gasteiger partial charge in [-0.3, -0.25) is 0 Å². The summed E-state index contributed by atoms with van der Waals surface area (Å²) in [7, 11) is 0. The Morgan fingerprint density at radius 2 is 1.96 bits per heavy atom. The Bertz CT molecular complexity index is 833. The molecule has 4 rings (SSSR count). The van der Waals surface area contributed by atoms with Gasteiger partial charge < -0.3 is 14.6 Å². The fraction of sp³-hybridized carbons (Fsp3) is 0.368. The molecule has 0 aliphatic carbocycles. The molecule has 5 nitrogen and oxygen atoms in total. The molecule has 3 aromatic heterocycles. The lowest BCUT2D eigenvalue weighted by Crippen LogP contribution is -2.22. The average molecular weight is 321 g/mol. The second kappa shape index (κ2) is 6.61. The van der Waals surface area contributed by atoms with Crippen molar-refractivity contribution in [2.24, 2.45) is 0 Å². The minimum atomic E-state index is 0.759. The molecule has 1 N–H and O–H groups in total. The average Bonchev–Trinajstić information content (AvgIpc) is 3.24. The summed E-state index contributed by atoms with van der Waals surface area (Å²) in [6.07, 6.45) is 8.63. The summed E-state index contributed by atoms with van der Waals surface area (Å²) in [6, 6.07) is 8.34. The van der Waals surface area contributed by atoms with E-state index in [1.54, 1.807) is 0 Å². The first-order valence-corrected chi connectivity index (χ1v) is 8.63. The van der Waals surface area contributed by atoms with Gasteiger partial charge in [0.15, 0.2) is 0 Å². The number of hydrogen-bond donors (Lipinski definition) is 1. The van der Waals surface area contributed by atoms with Gasteiger partial charge in [-0.05, 0) is 37.5 Å². The maximum Gasteiger partial charge on any atom is 0.137 e. The predicted octanol–water partition coefficient (Wildman–Crippen LogP) is 2.93. The fourth-order valence-electron chi connectivity index (χ4n) is 3.35. The molecule has 1 fully saturated rings. The van der Waals surface area contributed by atoms with Gasteiger partial charge in [0.25, 0.3) is 0 Å². The molecular weight excluding hydrogens is 298 g/mol. The Morgan fingerprint density at radius 3 is 2.83 bits per heavy atom. The van der Waals surface area contributed by atoms with E-state index in [2.05, 4.69) is 62.1 Å². The first kappa shape index (κ1) is 15.1. The second-order valence-electron chi connectivity index (χ2n) is 6.49. The minimum absolute atomic E-state index is 0.759. The quantitative estimate of drug-likeness (QED) is 0.785. The fourth-order valence-corrected chi connectivity index (χ4v) is 3.35. The third-order valence-electron chi connectivity index (χ3n) is 4.54. The molecule has 24 heavy (non-hydrogen) atoms. The number of fused-ring (bicyclic) bond motifs is 1. The number of hydrogen-bond acceptors (Lipinski definition) is 4. The van der Waals surface area contributed by atoms with Gasteiger partial charge in [-0.15, -0.1) is 0 Å². The van der Waals surface area contributed by atoms with Crippen molar-refractivity contribution in [3.05, 3.63) is 59.7 Å². The molecule has 5 heteroatoms. The van der Waals surface area contributed by atoms with Crippen molar-refractivity contribution in [3.63, 3.8) is 0 Å². The number of nitrogens with one attached hydrogen (secondary N) is 1. The number of aromatic nitrogens is 3. The second-order valence-corrected chi connectivity index (χ2v) is 6.49. The highest BCUT2D eigenvalue weighted by molar-refractivity contribution is 5.47. The van der Waals surface area contributed by atoms with Gasteiger partial charge in [0.1, 0.15) is 11.5 Å². The van der Waals surface area contributed by atoms with Crippen molar-refractivity contribution in [2.75, 3.05) is 18.0 Å². The van der Waals surface area contributed by atoms with Crippen molar-refractivity contribution >= 4 is 11.5 Å². The normalized spacial score (nSPS) is 14.6. The summed E-state index contributed by atoms with van der Waals surface area (Å²) in [5, 5.41) is 3.51. The smallest absolute Gasteiger partial charge is 0.137 e. The largest absolute Gasteiger partial charge is 0.356 e. The van der Waals surface area contributed by atoms with Crippen LogP contribution in [0.25, 0.3) is 5.65 Å². The molecule has 0 spiro atoms. The van der Waals surface area contributed by atoms with Gasteiger partial charge in [-0.1, -0.05) is 12.1 Å². The van der Waals surface area contributed by atoms with E-state index in [0.29, 0.717) is 0 Å². The first-order valence-electron chi connectivity index (χ1n) is 8.63. The summed E-state index contributed by atoms with van der Waals surface area (Å²) >= 11 is 0. The highest BCUT2D eigenvalue weighted by atomic mass is 15.2. The van der Waals surface area contributed by atoms with Gasteiger partial charge >= 0.3 is 0 Å². The standard InChI is InChI=1S/C19H23N5/c1-15-6-7-18-22-17(14-24(18)13-15)12-20-11-16-5-4-8-21-19(16)23-9-2-3-10-23/h4-8,13-14,20H,2-3,9-12H2,1H3. The molecule has 1 saturated heterocycles. The lowest BCUT2D eigenvalue weighted by Gasteiger charge is -2.19. The van der Waals surface area contributed by atoms with Crippen LogP contribution >= 0.6 is 0 Å². The van der Waals surface area contributed by atoms with Crippen LogP contribution in [0, 0.1) is 6.92 Å². The maximum atomic E-state index is 4.66. The Morgan fingerprint density at radius 1 is 1.08 bits per heavy atom. The summed E-state index contributed by atoms with van der Waals surface area (Å²) in [5.74, 6) is 1.13. The number of pyridine rings is 2. The number of anilines is 1. The lowest BCUT2D eigenvalue weighted by molar-refractivity contribution is 0.678. The molecule has 124 valence electrons. The van der Waals surface area contributed by atoms with E-state index in [1.165, 1.54) is 24.0 Å². The van der Waals surface area contributed by atoms with Gasteiger partial charge in [0, 0.05) is 50.3 Å². The van der Waals surface area contributed by atoms with Crippen molar-refractivity contribution in [2.45, 2.75) is 32.9 Å². The minimum Gasteiger partial charge on any atom is -0.356 e. The maximum absolute atomic E-state index is 4.66. The van der Waals surface area contributed by atoms with Crippen molar-refractivity contribution in [1.82, 2.24) is 19.7 Å². The van der Waals surface area contributed by atoms with Crippen LogP contribution in [-0.2, 0) is 13.1 Å².